The van der Waals surface area contributed by atoms with Crippen molar-refractivity contribution in [3.05, 3.63) is 66.0 Å². The molecule has 8 nitrogen and oxygen atoms in total. The number of nitrogens with zero attached hydrogens (tertiary/aromatic N) is 3. The number of benzene rings is 2. The minimum atomic E-state index is -2.26. The molecule has 0 aliphatic heterocycles. The summed E-state index contributed by atoms with van der Waals surface area (Å²) in [5.41, 5.74) is 4.18. The summed E-state index contributed by atoms with van der Waals surface area (Å²) in [7, 11) is 0. The van der Waals surface area contributed by atoms with Gasteiger partial charge >= 0.3 is 5.97 Å². The molecule has 32 heavy (non-hydrogen) atoms. The molecule has 0 spiro atoms. The van der Waals surface area contributed by atoms with Gasteiger partial charge in [0.1, 0.15) is 12.3 Å². The Labute approximate surface area is 188 Å². The molecule has 1 aliphatic rings. The van der Waals surface area contributed by atoms with E-state index in [4.69, 9.17) is 9.84 Å². The summed E-state index contributed by atoms with van der Waals surface area (Å²) in [4.78, 5) is 11.1. The Morgan fingerprint density at radius 2 is 2.03 bits per heavy atom. The number of aliphatic carboxylic acids is 1. The van der Waals surface area contributed by atoms with E-state index in [9.17, 15) is 13.6 Å². The molecule has 2 unspecified atom stereocenters. The molecular weight excluding hydrogens is 430 g/mol. The number of carboxylic acid groups (broad SMARTS) is 1. The molecule has 4 rings (SSSR count). The number of rotatable bonds is 8. The second kappa shape index (κ2) is 9.54. The molecule has 3 aromatic rings. The molecule has 1 aromatic heterocycles. The molecule has 168 valence electrons. The van der Waals surface area contributed by atoms with Gasteiger partial charge in [-0.1, -0.05) is 24.3 Å². The molecule has 1 aliphatic carbocycles. The van der Waals surface area contributed by atoms with Crippen molar-refractivity contribution in [3.8, 4) is 16.9 Å². The van der Waals surface area contributed by atoms with Crippen molar-refractivity contribution >= 4 is 22.9 Å². The molecule has 0 bridgehead atoms. The lowest BCUT2D eigenvalue weighted by Crippen LogP contribution is -2.33. The van der Waals surface area contributed by atoms with Gasteiger partial charge in [0, 0.05) is 11.3 Å². The highest BCUT2D eigenvalue weighted by molar-refractivity contribution is 7.80. The van der Waals surface area contributed by atoms with Gasteiger partial charge in [-0.15, -0.1) is 0 Å². The quantitative estimate of drug-likeness (QED) is 0.497. The van der Waals surface area contributed by atoms with Crippen molar-refractivity contribution in [2.45, 2.75) is 38.8 Å². The van der Waals surface area contributed by atoms with Crippen LogP contribution < -0.4 is 9.04 Å². The highest BCUT2D eigenvalue weighted by atomic mass is 32.2. The first kappa shape index (κ1) is 22.0. The topological polar surface area (TPSA) is 105 Å². The minimum Gasteiger partial charge on any atom is -0.494 e. The van der Waals surface area contributed by atoms with Crippen LogP contribution in [0.5, 0.6) is 5.75 Å². The number of anilines is 1. The summed E-state index contributed by atoms with van der Waals surface area (Å²) in [5.74, 6) is -0.176. The van der Waals surface area contributed by atoms with E-state index < -0.39 is 17.2 Å². The third kappa shape index (κ3) is 4.53. The molecule has 2 N–H and O–H groups in total. The summed E-state index contributed by atoms with van der Waals surface area (Å²) in [6.07, 6.45) is 3.77. The number of ether oxygens (including phenoxy) is 1. The SMILES string of the molecule is CCOc1cccc(-c2ccc(N(C3CCCc4c3cnn4CC(=O)O)S(=O)O)cc2)c1. The minimum absolute atomic E-state index is 0.222. The lowest BCUT2D eigenvalue weighted by Gasteiger charge is -2.33. The number of aromatic nitrogens is 2. The van der Waals surface area contributed by atoms with E-state index in [1.807, 2.05) is 55.5 Å². The molecule has 9 heteroatoms. The van der Waals surface area contributed by atoms with Gasteiger partial charge in [-0.3, -0.25) is 18.3 Å². The molecule has 0 saturated heterocycles. The van der Waals surface area contributed by atoms with Crippen molar-refractivity contribution in [1.82, 2.24) is 9.78 Å². The molecule has 1 heterocycles. The summed E-state index contributed by atoms with van der Waals surface area (Å²) >= 11 is -2.26. The van der Waals surface area contributed by atoms with Crippen molar-refractivity contribution in [2.75, 3.05) is 10.9 Å². The molecule has 0 saturated carbocycles. The Morgan fingerprint density at radius 1 is 1.25 bits per heavy atom. The Hall–Kier alpha value is -3.17. The lowest BCUT2D eigenvalue weighted by molar-refractivity contribution is -0.137. The average molecular weight is 456 g/mol. The van der Waals surface area contributed by atoms with Crippen molar-refractivity contribution in [2.24, 2.45) is 0 Å². The molecule has 2 aromatic carbocycles. The van der Waals surface area contributed by atoms with Crippen LogP contribution in [0.4, 0.5) is 5.69 Å². The van der Waals surface area contributed by atoms with Crippen molar-refractivity contribution < 1.29 is 23.4 Å². The monoisotopic (exact) mass is 455 g/mol. The maximum Gasteiger partial charge on any atom is 0.325 e. The highest BCUT2D eigenvalue weighted by Gasteiger charge is 2.32. The molecule has 0 fully saturated rings. The van der Waals surface area contributed by atoms with Gasteiger partial charge in [0.05, 0.1) is 24.5 Å². The van der Waals surface area contributed by atoms with E-state index in [2.05, 4.69) is 5.10 Å². The number of carboxylic acids is 1. The van der Waals surface area contributed by atoms with Crippen LogP contribution >= 0.6 is 0 Å². The van der Waals surface area contributed by atoms with Crippen molar-refractivity contribution in [1.29, 1.82) is 0 Å². The average Bonchev–Trinajstić information content (AvgIpc) is 3.18. The smallest absolute Gasteiger partial charge is 0.325 e. The standard InChI is InChI=1S/C23H25N3O5S/c1-2-31-19-6-3-5-17(13-19)16-9-11-18(12-10-16)26(32(29)30)22-8-4-7-21-20(22)14-24-25(21)15-23(27)28/h3,5-6,9-14,22H,2,4,7-8,15H2,1H3,(H,27,28)(H,29,30). The number of hydrogen-bond acceptors (Lipinski definition) is 4. The normalized spacial score (nSPS) is 16.2. The van der Waals surface area contributed by atoms with Crippen LogP contribution in [0, 0.1) is 0 Å². The Morgan fingerprint density at radius 3 is 2.72 bits per heavy atom. The summed E-state index contributed by atoms with van der Waals surface area (Å²) in [6, 6.07) is 14.9. The van der Waals surface area contributed by atoms with Gasteiger partial charge in [0.25, 0.3) is 11.3 Å². The van der Waals surface area contributed by atoms with E-state index in [1.165, 1.54) is 8.99 Å². The number of fused-ring (bicyclic) bond motifs is 1. The van der Waals surface area contributed by atoms with Crippen LogP contribution in [0.1, 0.15) is 37.1 Å². The van der Waals surface area contributed by atoms with Gasteiger partial charge in [-0.2, -0.15) is 5.10 Å². The van der Waals surface area contributed by atoms with E-state index >= 15 is 0 Å². The fourth-order valence-corrected chi connectivity index (χ4v) is 4.95. The van der Waals surface area contributed by atoms with Crippen LogP contribution in [0.3, 0.4) is 0 Å². The largest absolute Gasteiger partial charge is 0.494 e. The van der Waals surface area contributed by atoms with Gasteiger partial charge in [-0.25, -0.2) is 4.21 Å². The van der Waals surface area contributed by atoms with E-state index in [-0.39, 0.29) is 12.6 Å². The Bertz CT molecular complexity index is 1130. The van der Waals surface area contributed by atoms with Crippen LogP contribution in [-0.4, -0.2) is 36.2 Å². The Balaban J connectivity index is 1.64. The third-order valence-corrected chi connectivity index (χ3v) is 6.37. The summed E-state index contributed by atoms with van der Waals surface area (Å²) < 4.78 is 31.0. The first-order valence-electron chi connectivity index (χ1n) is 10.5. The second-order valence-electron chi connectivity index (χ2n) is 7.57. The van der Waals surface area contributed by atoms with E-state index in [1.54, 1.807) is 6.20 Å². The molecule has 0 radical (unpaired) electrons. The first-order chi connectivity index (χ1) is 15.5. The van der Waals surface area contributed by atoms with Crippen LogP contribution in [0.2, 0.25) is 0 Å². The van der Waals surface area contributed by atoms with Crippen molar-refractivity contribution in [3.63, 3.8) is 0 Å². The van der Waals surface area contributed by atoms with E-state index in [0.29, 0.717) is 25.1 Å². The number of carbonyl (C=O) groups is 1. The van der Waals surface area contributed by atoms with Crippen LogP contribution in [0.15, 0.2) is 54.7 Å². The van der Waals surface area contributed by atoms with E-state index in [0.717, 1.165) is 34.6 Å². The highest BCUT2D eigenvalue weighted by Crippen LogP contribution is 2.38. The zero-order chi connectivity index (χ0) is 22.7. The zero-order valence-corrected chi connectivity index (χ0v) is 18.5. The van der Waals surface area contributed by atoms with Gasteiger partial charge in [-0.05, 0) is 61.6 Å². The van der Waals surface area contributed by atoms with Gasteiger partial charge < -0.3 is 9.84 Å². The molecule has 2 atom stereocenters. The fraction of sp³-hybridized carbons (Fsp3) is 0.304. The first-order valence-corrected chi connectivity index (χ1v) is 11.5. The summed E-state index contributed by atoms with van der Waals surface area (Å²) in [6.45, 7) is 2.30. The van der Waals surface area contributed by atoms with Gasteiger partial charge in [0.15, 0.2) is 0 Å². The summed E-state index contributed by atoms with van der Waals surface area (Å²) in [5, 5.41) is 13.3. The van der Waals surface area contributed by atoms with Crippen LogP contribution in [0.25, 0.3) is 11.1 Å². The van der Waals surface area contributed by atoms with Crippen LogP contribution in [-0.2, 0) is 29.0 Å². The lowest BCUT2D eigenvalue weighted by atomic mass is 9.92. The maximum absolute atomic E-state index is 12.4. The number of hydrogen-bond donors (Lipinski definition) is 2. The zero-order valence-electron chi connectivity index (χ0n) is 17.7. The Kier molecular flexibility index (Phi) is 6.57. The predicted molar refractivity (Wildman–Crippen MR) is 122 cm³/mol. The molecule has 0 amide bonds. The van der Waals surface area contributed by atoms with Gasteiger partial charge in [0.2, 0.25) is 0 Å². The third-order valence-electron chi connectivity index (χ3n) is 5.57. The fourth-order valence-electron chi connectivity index (χ4n) is 4.22. The predicted octanol–water partition coefficient (Wildman–Crippen LogP) is 4.05. The second-order valence-corrected chi connectivity index (χ2v) is 8.43. The maximum atomic E-state index is 12.4. The molecular formula is C23H25N3O5S.